The molecule has 1 aliphatic carbocycles. The lowest BCUT2D eigenvalue weighted by molar-refractivity contribution is -0.134. The molecule has 3 saturated heterocycles. The molecule has 15 nitrogen and oxygen atoms in total. The molecular formula is C44H62N12O3. The quantitative estimate of drug-likeness (QED) is 0.0980. The molecule has 1 atom stereocenters. The molecule has 1 saturated carbocycles. The van der Waals surface area contributed by atoms with Crippen LogP contribution >= 0.6 is 0 Å². The van der Waals surface area contributed by atoms with Gasteiger partial charge in [-0.05, 0) is 44.4 Å². The summed E-state index contributed by atoms with van der Waals surface area (Å²) >= 11 is 0. The SMILES string of the molecule is C/C=C/c1cnc(Nc2ccc(N3CCN(C4CN(c5cccc6c(C7CCC(=O)NC7=O)nn(C)c56)C4)CC3)cn2)nc1NC1CCCC1.CCCCC.CNC=O. The van der Waals surface area contributed by atoms with Crippen molar-refractivity contribution in [1.82, 2.24) is 40.3 Å². The number of carbonyl (C=O) groups is 3. The third-order valence-corrected chi connectivity index (χ3v) is 11.5. The number of anilines is 5. The highest BCUT2D eigenvalue weighted by Gasteiger charge is 2.36. The highest BCUT2D eigenvalue weighted by Crippen LogP contribution is 2.37. The predicted molar refractivity (Wildman–Crippen MR) is 236 cm³/mol. The van der Waals surface area contributed by atoms with Crippen molar-refractivity contribution in [2.24, 2.45) is 7.05 Å². The second-order valence-corrected chi connectivity index (χ2v) is 15.7. The van der Waals surface area contributed by atoms with Crippen LogP contribution in [0.15, 0.2) is 48.8 Å². The highest BCUT2D eigenvalue weighted by molar-refractivity contribution is 6.03. The number of benzene rings is 1. The molecule has 0 radical (unpaired) electrons. The summed E-state index contributed by atoms with van der Waals surface area (Å²) in [5.74, 6) is 1.27. The second-order valence-electron chi connectivity index (χ2n) is 15.7. The van der Waals surface area contributed by atoms with Crippen LogP contribution in [0.3, 0.4) is 0 Å². The average molecular weight is 807 g/mol. The summed E-state index contributed by atoms with van der Waals surface area (Å²) in [7, 11) is 3.50. The number of fused-ring (bicyclic) bond motifs is 1. The fourth-order valence-corrected chi connectivity index (χ4v) is 8.29. The van der Waals surface area contributed by atoms with Gasteiger partial charge in [-0.1, -0.05) is 70.2 Å². The summed E-state index contributed by atoms with van der Waals surface area (Å²) in [5.41, 5.74) is 5.06. The molecule has 0 spiro atoms. The molecule has 316 valence electrons. The van der Waals surface area contributed by atoms with Crippen LogP contribution in [0.2, 0.25) is 0 Å². The van der Waals surface area contributed by atoms with Crippen molar-refractivity contribution in [3.63, 3.8) is 0 Å². The first-order valence-corrected chi connectivity index (χ1v) is 21.4. The van der Waals surface area contributed by atoms with Crippen LogP contribution < -0.4 is 31.1 Å². The first-order chi connectivity index (χ1) is 28.8. The molecule has 3 aromatic heterocycles. The molecule has 1 aromatic carbocycles. The van der Waals surface area contributed by atoms with E-state index in [1.807, 2.05) is 55.3 Å². The number of nitrogens with zero attached hydrogens (tertiary/aromatic N) is 8. The van der Waals surface area contributed by atoms with E-state index in [1.54, 1.807) is 7.05 Å². The van der Waals surface area contributed by atoms with Gasteiger partial charge in [0.05, 0.1) is 34.7 Å². The number of hydrogen-bond acceptors (Lipinski definition) is 12. The maximum Gasteiger partial charge on any atom is 0.235 e. The van der Waals surface area contributed by atoms with E-state index >= 15 is 0 Å². The van der Waals surface area contributed by atoms with Gasteiger partial charge in [-0.25, -0.2) is 9.97 Å². The monoisotopic (exact) mass is 807 g/mol. The van der Waals surface area contributed by atoms with E-state index in [-0.39, 0.29) is 11.8 Å². The minimum absolute atomic E-state index is 0.208. The van der Waals surface area contributed by atoms with Crippen molar-refractivity contribution in [2.45, 2.75) is 96.6 Å². The number of aromatic nitrogens is 5. The maximum atomic E-state index is 12.6. The maximum absolute atomic E-state index is 12.6. The topological polar surface area (TPSA) is 166 Å². The minimum Gasteiger partial charge on any atom is -0.368 e. The Balaban J connectivity index is 0.000000591. The zero-order valence-electron chi connectivity index (χ0n) is 35.4. The fraction of sp³-hybridized carbons (Fsp3) is 0.523. The molecule has 3 aliphatic heterocycles. The Morgan fingerprint density at radius 1 is 0.932 bits per heavy atom. The largest absolute Gasteiger partial charge is 0.368 e. The van der Waals surface area contributed by atoms with Crippen molar-refractivity contribution in [3.05, 3.63) is 60.1 Å². The van der Waals surface area contributed by atoms with E-state index in [9.17, 15) is 9.59 Å². The van der Waals surface area contributed by atoms with Crippen LogP contribution in [0.4, 0.5) is 29.0 Å². The molecule has 1 unspecified atom stereocenters. The molecule has 59 heavy (non-hydrogen) atoms. The normalized spacial score (nSPS) is 18.8. The number of rotatable bonds is 12. The molecule has 15 heteroatoms. The summed E-state index contributed by atoms with van der Waals surface area (Å²) in [6, 6.07) is 11.3. The number of hydrogen-bond donors (Lipinski definition) is 4. The number of pyridine rings is 1. The summed E-state index contributed by atoms with van der Waals surface area (Å²) in [6.45, 7) is 12.2. The average Bonchev–Trinajstić information content (AvgIpc) is 3.87. The number of carbonyl (C=O) groups excluding carboxylic acids is 3. The molecule has 3 amide bonds. The number of piperidine rings is 1. The van der Waals surface area contributed by atoms with Crippen LogP contribution in [-0.2, 0) is 21.4 Å². The Morgan fingerprint density at radius 3 is 2.31 bits per heavy atom. The van der Waals surface area contributed by atoms with Gasteiger partial charge in [0, 0.05) is 89.0 Å². The fourth-order valence-electron chi connectivity index (χ4n) is 8.29. The smallest absolute Gasteiger partial charge is 0.235 e. The number of allylic oxidation sites excluding steroid dienone is 1. The van der Waals surface area contributed by atoms with Gasteiger partial charge >= 0.3 is 0 Å². The second kappa shape index (κ2) is 20.9. The summed E-state index contributed by atoms with van der Waals surface area (Å²) in [4.78, 5) is 54.9. The van der Waals surface area contributed by atoms with Crippen LogP contribution in [0.25, 0.3) is 17.0 Å². The molecule has 4 aliphatic rings. The number of aryl methyl sites for hydroxylation is 1. The van der Waals surface area contributed by atoms with E-state index in [1.165, 1.54) is 44.9 Å². The van der Waals surface area contributed by atoms with Crippen molar-refractivity contribution in [2.75, 3.05) is 66.7 Å². The standard InChI is InChI=1S/C37H45N11O2.C5H12.C2H5NO/c1-3-7-24-20-39-37(43-35(24)40-25-8-4-5-9-25)41-31-14-12-26(21-38-31)46-16-18-47(19-17-46)27-22-48(23-27)30-11-6-10-28-33(44-45(2)34(28)30)29-13-15-32(49)42-36(29)50;1-3-5-4-2;1-3-2-4/h3,6-7,10-12,14,20-21,25,27,29H,4-5,8-9,13,15-19,22-23H2,1-2H3,(H,42,49,50)(H2,38,39,40,41,43);3-5H2,1-2H3;2H,1H3,(H,3,4)/b7-3+;;. The minimum atomic E-state index is -0.402. The number of para-hydroxylation sites is 1. The van der Waals surface area contributed by atoms with Crippen molar-refractivity contribution < 1.29 is 14.4 Å². The van der Waals surface area contributed by atoms with Gasteiger partial charge in [-0.15, -0.1) is 0 Å². The first-order valence-electron chi connectivity index (χ1n) is 21.4. The lowest BCUT2D eigenvalue weighted by Crippen LogP contribution is -2.63. The molecule has 0 bridgehead atoms. The van der Waals surface area contributed by atoms with Gasteiger partial charge in [-0.3, -0.25) is 29.3 Å². The van der Waals surface area contributed by atoms with Gasteiger partial charge in [0.25, 0.3) is 0 Å². The van der Waals surface area contributed by atoms with E-state index in [0.29, 0.717) is 37.3 Å². The number of amides is 3. The van der Waals surface area contributed by atoms with Crippen LogP contribution in [-0.4, -0.2) is 106 Å². The molecule has 4 fully saturated rings. The zero-order chi connectivity index (χ0) is 41.7. The molecule has 4 aromatic rings. The van der Waals surface area contributed by atoms with E-state index in [0.717, 1.165) is 84.4 Å². The van der Waals surface area contributed by atoms with Gasteiger partial charge < -0.3 is 25.8 Å². The Hall–Kier alpha value is -5.57. The Bertz CT molecular complexity index is 2030. The number of nitrogens with one attached hydrogen (secondary N) is 4. The van der Waals surface area contributed by atoms with E-state index < -0.39 is 5.92 Å². The Labute approximate surface area is 348 Å². The van der Waals surface area contributed by atoms with Gasteiger partial charge in [0.2, 0.25) is 24.2 Å². The van der Waals surface area contributed by atoms with Crippen molar-refractivity contribution in [1.29, 1.82) is 0 Å². The summed E-state index contributed by atoms with van der Waals surface area (Å²) in [5, 5.41) is 17.4. The van der Waals surface area contributed by atoms with Crippen molar-refractivity contribution >= 4 is 64.2 Å². The van der Waals surface area contributed by atoms with Crippen LogP contribution in [0.5, 0.6) is 0 Å². The molecular weight excluding hydrogens is 745 g/mol. The van der Waals surface area contributed by atoms with Crippen LogP contribution in [0, 0.1) is 0 Å². The summed E-state index contributed by atoms with van der Waals surface area (Å²) < 4.78 is 1.89. The van der Waals surface area contributed by atoms with E-state index in [2.05, 4.69) is 73.0 Å². The number of piperazine rings is 1. The Morgan fingerprint density at radius 2 is 1.68 bits per heavy atom. The molecule has 6 heterocycles. The lowest BCUT2D eigenvalue weighted by Gasteiger charge is -2.49. The molecule has 8 rings (SSSR count). The first kappa shape index (κ1) is 43.0. The van der Waals surface area contributed by atoms with E-state index in [4.69, 9.17) is 19.9 Å². The highest BCUT2D eigenvalue weighted by atomic mass is 16.2. The van der Waals surface area contributed by atoms with Crippen molar-refractivity contribution in [3.8, 4) is 0 Å². The van der Waals surface area contributed by atoms with Gasteiger partial charge in [0.1, 0.15) is 11.6 Å². The Kier molecular flexibility index (Phi) is 15.2. The lowest BCUT2D eigenvalue weighted by atomic mass is 9.92. The van der Waals surface area contributed by atoms with Gasteiger partial charge in [0.15, 0.2) is 0 Å². The third-order valence-electron chi connectivity index (χ3n) is 11.5. The number of unbranched alkanes of at least 4 members (excludes halogenated alkanes) is 2. The van der Waals surface area contributed by atoms with Crippen LogP contribution in [0.1, 0.15) is 95.7 Å². The third kappa shape index (κ3) is 10.7. The predicted octanol–water partition coefficient (Wildman–Crippen LogP) is 5.98. The summed E-state index contributed by atoms with van der Waals surface area (Å²) in [6.07, 6.45) is 18.3. The number of imide groups is 1. The van der Waals surface area contributed by atoms with Gasteiger partial charge in [-0.2, -0.15) is 10.1 Å². The molecule has 4 N–H and O–H groups in total. The zero-order valence-corrected chi connectivity index (χ0v) is 35.4.